The third-order valence-electron chi connectivity index (χ3n) is 4.17. The standard InChI is InChI=1S/C18H30O5S.Na/c1-16(2,3)14-17(4,5)18(6,24(19,20)21)23-13-12-22-15-10-8-7-9-11-15;/h7-11H,12-14H2,1-6H3,(H,19,20,21);. The van der Waals surface area contributed by atoms with Crippen LogP contribution >= 0.6 is 0 Å². The van der Waals surface area contributed by atoms with E-state index >= 15 is 0 Å². The zero-order valence-electron chi connectivity index (χ0n) is 16.5. The van der Waals surface area contributed by atoms with Crippen LogP contribution in [0, 0.1) is 10.8 Å². The topological polar surface area (TPSA) is 72.8 Å². The van der Waals surface area contributed by atoms with Crippen molar-refractivity contribution in [2.24, 2.45) is 10.8 Å². The van der Waals surface area contributed by atoms with Crippen LogP contribution < -0.4 is 4.74 Å². The van der Waals surface area contributed by atoms with Crippen LogP contribution in [-0.4, -0.2) is 60.7 Å². The number of hydrogen-bond donors (Lipinski definition) is 1. The van der Waals surface area contributed by atoms with Crippen LogP contribution in [0.2, 0.25) is 0 Å². The van der Waals surface area contributed by atoms with Gasteiger partial charge in [0.05, 0.1) is 6.61 Å². The predicted octanol–water partition coefficient (Wildman–Crippen LogP) is 3.77. The molecule has 5 nitrogen and oxygen atoms in total. The van der Waals surface area contributed by atoms with Crippen molar-refractivity contribution in [2.75, 3.05) is 13.2 Å². The van der Waals surface area contributed by atoms with Gasteiger partial charge in [-0.25, -0.2) is 0 Å². The first-order chi connectivity index (χ1) is 10.8. The molecule has 1 aromatic rings. The quantitative estimate of drug-likeness (QED) is 0.422. The summed E-state index contributed by atoms with van der Waals surface area (Å²) in [5, 5.41) is 0. The van der Waals surface area contributed by atoms with Gasteiger partial charge in [0.25, 0.3) is 10.1 Å². The second kappa shape index (κ2) is 9.20. The fourth-order valence-corrected chi connectivity index (χ4v) is 4.02. The normalized spacial score (nSPS) is 15.2. The van der Waals surface area contributed by atoms with Crippen molar-refractivity contribution in [1.82, 2.24) is 0 Å². The molecule has 1 radical (unpaired) electrons. The van der Waals surface area contributed by atoms with E-state index in [1.807, 2.05) is 51.1 Å². The molecule has 1 unspecified atom stereocenters. The molecule has 1 rings (SSSR count). The van der Waals surface area contributed by atoms with E-state index in [0.29, 0.717) is 12.2 Å². The molecular formula is C18H30NaO5S. The zero-order valence-corrected chi connectivity index (χ0v) is 19.3. The summed E-state index contributed by atoms with van der Waals surface area (Å²) in [6.07, 6.45) is 0.565. The first kappa shape index (κ1) is 24.9. The van der Waals surface area contributed by atoms with Crippen LogP contribution in [-0.2, 0) is 14.9 Å². The third kappa shape index (κ3) is 7.19. The van der Waals surface area contributed by atoms with Gasteiger partial charge >= 0.3 is 0 Å². The second-order valence-corrected chi connectivity index (χ2v) is 9.78. The van der Waals surface area contributed by atoms with Gasteiger partial charge in [0.1, 0.15) is 12.4 Å². The molecule has 7 heteroatoms. The summed E-state index contributed by atoms with van der Waals surface area (Å²) < 4.78 is 45.1. The Morgan fingerprint density at radius 3 is 1.92 bits per heavy atom. The second-order valence-electron chi connectivity index (χ2n) is 8.05. The Labute approximate surface area is 174 Å². The van der Waals surface area contributed by atoms with Crippen LogP contribution in [0.1, 0.15) is 48.0 Å². The number of rotatable bonds is 8. The van der Waals surface area contributed by atoms with Crippen molar-refractivity contribution in [3.63, 3.8) is 0 Å². The van der Waals surface area contributed by atoms with Crippen LogP contribution in [0.15, 0.2) is 30.3 Å². The van der Waals surface area contributed by atoms with Gasteiger partial charge < -0.3 is 9.47 Å². The summed E-state index contributed by atoms with van der Waals surface area (Å²) in [6.45, 7) is 11.3. The predicted molar refractivity (Wildman–Crippen MR) is 101 cm³/mol. The Morgan fingerprint density at radius 2 is 1.48 bits per heavy atom. The smallest absolute Gasteiger partial charge is 0.295 e. The van der Waals surface area contributed by atoms with Crippen molar-refractivity contribution in [2.45, 2.75) is 52.9 Å². The van der Waals surface area contributed by atoms with Crippen LogP contribution in [0.4, 0.5) is 0 Å². The molecule has 1 atom stereocenters. The molecule has 0 heterocycles. The largest absolute Gasteiger partial charge is 0.491 e. The molecule has 139 valence electrons. The van der Waals surface area contributed by atoms with Crippen molar-refractivity contribution < 1.29 is 22.4 Å². The van der Waals surface area contributed by atoms with E-state index in [0.717, 1.165) is 0 Å². The average molecular weight is 381 g/mol. The summed E-state index contributed by atoms with van der Waals surface area (Å²) in [5.74, 6) is 0.684. The van der Waals surface area contributed by atoms with E-state index in [1.54, 1.807) is 13.8 Å². The Morgan fingerprint density at radius 1 is 0.960 bits per heavy atom. The Bertz CT molecular complexity index is 623. The number of ether oxygens (including phenoxy) is 2. The molecule has 0 aromatic heterocycles. The Balaban J connectivity index is 0.00000576. The molecule has 0 aliphatic carbocycles. The van der Waals surface area contributed by atoms with Gasteiger partial charge in [-0.2, -0.15) is 8.42 Å². The molecule has 25 heavy (non-hydrogen) atoms. The van der Waals surface area contributed by atoms with Gasteiger partial charge in [-0.1, -0.05) is 52.8 Å². The van der Waals surface area contributed by atoms with Crippen LogP contribution in [0.25, 0.3) is 0 Å². The number of para-hydroxylation sites is 1. The minimum Gasteiger partial charge on any atom is -0.491 e. The summed E-state index contributed by atoms with van der Waals surface area (Å²) in [5.41, 5.74) is -0.898. The molecule has 0 aliphatic rings. The minimum absolute atomic E-state index is 0. The van der Waals surface area contributed by atoms with E-state index < -0.39 is 20.5 Å². The average Bonchev–Trinajstić information content (AvgIpc) is 2.40. The maximum absolute atomic E-state index is 12.0. The van der Waals surface area contributed by atoms with Gasteiger partial charge in [0.2, 0.25) is 0 Å². The molecule has 0 fully saturated rings. The summed E-state index contributed by atoms with van der Waals surface area (Å²) >= 11 is 0. The summed E-state index contributed by atoms with van der Waals surface area (Å²) in [6, 6.07) is 9.21. The van der Waals surface area contributed by atoms with E-state index in [1.165, 1.54) is 6.92 Å². The van der Waals surface area contributed by atoms with Crippen LogP contribution in [0.5, 0.6) is 5.75 Å². The summed E-state index contributed by atoms with van der Waals surface area (Å²) in [4.78, 5) is -1.71. The first-order valence-corrected chi connectivity index (χ1v) is 9.51. The van der Waals surface area contributed by atoms with Crippen LogP contribution in [0.3, 0.4) is 0 Å². The molecular weight excluding hydrogens is 351 g/mol. The minimum atomic E-state index is -4.42. The number of hydrogen-bond acceptors (Lipinski definition) is 4. The molecule has 0 saturated carbocycles. The van der Waals surface area contributed by atoms with Gasteiger partial charge in [0.15, 0.2) is 4.93 Å². The van der Waals surface area contributed by atoms with Gasteiger partial charge in [-0.15, -0.1) is 0 Å². The van der Waals surface area contributed by atoms with Gasteiger partial charge in [-0.05, 0) is 30.9 Å². The molecule has 0 amide bonds. The maximum Gasteiger partial charge on any atom is 0.295 e. The maximum atomic E-state index is 12.0. The molecule has 1 aromatic carbocycles. The monoisotopic (exact) mass is 381 g/mol. The fourth-order valence-electron chi connectivity index (χ4n) is 3.02. The fraction of sp³-hybridized carbons (Fsp3) is 0.667. The van der Waals surface area contributed by atoms with Gasteiger partial charge in [-0.3, -0.25) is 4.55 Å². The van der Waals surface area contributed by atoms with E-state index in [4.69, 9.17) is 9.47 Å². The van der Waals surface area contributed by atoms with Crippen molar-refractivity contribution in [3.8, 4) is 5.75 Å². The summed E-state index contributed by atoms with van der Waals surface area (Å²) in [7, 11) is -4.42. The van der Waals surface area contributed by atoms with Crippen molar-refractivity contribution in [3.05, 3.63) is 30.3 Å². The SMILES string of the molecule is CC(C)(C)CC(C)(C)C(C)(OCCOc1ccccc1)S(=O)(=O)O.[Na]. The van der Waals surface area contributed by atoms with E-state index in [-0.39, 0.29) is 48.2 Å². The Hall–Kier alpha value is -0.110. The molecule has 0 saturated heterocycles. The molecule has 1 N–H and O–H groups in total. The van der Waals surface area contributed by atoms with E-state index in [2.05, 4.69) is 0 Å². The molecule has 0 aliphatic heterocycles. The Kier molecular flexibility index (Phi) is 9.16. The first-order valence-electron chi connectivity index (χ1n) is 8.07. The zero-order chi connectivity index (χ0) is 18.6. The van der Waals surface area contributed by atoms with Crippen molar-refractivity contribution >= 4 is 39.7 Å². The van der Waals surface area contributed by atoms with E-state index in [9.17, 15) is 13.0 Å². The van der Waals surface area contributed by atoms with Gasteiger partial charge in [0, 0.05) is 35.0 Å². The number of benzene rings is 1. The molecule has 0 bridgehead atoms. The van der Waals surface area contributed by atoms with Crippen molar-refractivity contribution in [1.29, 1.82) is 0 Å². The third-order valence-corrected chi connectivity index (χ3v) is 5.82. The molecule has 0 spiro atoms.